The van der Waals surface area contributed by atoms with Gasteiger partial charge in [-0.2, -0.15) is 5.11 Å². The zero-order valence-corrected chi connectivity index (χ0v) is 18.1. The number of rotatable bonds is 5. The first-order valence-electron chi connectivity index (χ1n) is 10.1. The van der Waals surface area contributed by atoms with Crippen LogP contribution >= 0.6 is 22.9 Å². The first kappa shape index (κ1) is 20.6. The van der Waals surface area contributed by atoms with Gasteiger partial charge in [-0.25, -0.2) is 0 Å². The monoisotopic (exact) mass is 438 g/mol. The lowest BCUT2D eigenvalue weighted by Gasteiger charge is -2.21. The summed E-state index contributed by atoms with van der Waals surface area (Å²) < 4.78 is 0. The average Bonchev–Trinajstić information content (AvgIpc) is 2.93. The Balaban J connectivity index is 1.75. The molecule has 2 aromatic carbocycles. The largest absolute Gasteiger partial charge is 0.396 e. The van der Waals surface area contributed by atoms with Crippen LogP contribution < -0.4 is 10.6 Å². The van der Waals surface area contributed by atoms with Crippen LogP contribution in [0.1, 0.15) is 40.9 Å². The molecule has 0 spiro atoms. The van der Waals surface area contributed by atoms with E-state index in [-0.39, 0.29) is 5.78 Å². The SMILES string of the molecule is Nc1c(C(=O)c2ccc(Cl)cc2)sc(N2CCCCCC2)c1N=Nc1ccccc1. The van der Waals surface area contributed by atoms with Crippen molar-refractivity contribution in [3.63, 3.8) is 0 Å². The van der Waals surface area contributed by atoms with E-state index >= 15 is 0 Å². The highest BCUT2D eigenvalue weighted by molar-refractivity contribution is 7.19. The van der Waals surface area contributed by atoms with Crippen LogP contribution in [-0.2, 0) is 0 Å². The first-order valence-corrected chi connectivity index (χ1v) is 11.3. The quantitative estimate of drug-likeness (QED) is 0.344. The van der Waals surface area contributed by atoms with Gasteiger partial charge in [0, 0.05) is 23.7 Å². The predicted molar refractivity (Wildman–Crippen MR) is 125 cm³/mol. The number of carbonyl (C=O) groups excluding carboxylic acids is 1. The summed E-state index contributed by atoms with van der Waals surface area (Å²) >= 11 is 7.38. The van der Waals surface area contributed by atoms with E-state index in [1.807, 2.05) is 30.3 Å². The Hall–Kier alpha value is -2.70. The van der Waals surface area contributed by atoms with Gasteiger partial charge < -0.3 is 10.6 Å². The molecule has 0 unspecified atom stereocenters. The van der Waals surface area contributed by atoms with Crippen molar-refractivity contribution >= 4 is 50.8 Å². The molecule has 1 aromatic heterocycles. The van der Waals surface area contributed by atoms with E-state index in [2.05, 4.69) is 15.1 Å². The molecular weight excluding hydrogens is 416 g/mol. The zero-order chi connectivity index (χ0) is 20.9. The Morgan fingerprint density at radius 1 is 0.933 bits per heavy atom. The molecule has 1 aliphatic rings. The second kappa shape index (κ2) is 9.41. The van der Waals surface area contributed by atoms with Crippen molar-refractivity contribution in [1.82, 2.24) is 0 Å². The molecule has 0 bridgehead atoms. The molecule has 30 heavy (non-hydrogen) atoms. The van der Waals surface area contributed by atoms with Gasteiger partial charge in [-0.15, -0.1) is 16.5 Å². The summed E-state index contributed by atoms with van der Waals surface area (Å²) in [7, 11) is 0. The van der Waals surface area contributed by atoms with Crippen molar-refractivity contribution in [1.29, 1.82) is 0 Å². The lowest BCUT2D eigenvalue weighted by molar-refractivity contribution is 0.104. The first-order chi connectivity index (χ1) is 14.6. The molecular formula is C23H23ClN4OS. The van der Waals surface area contributed by atoms with E-state index in [9.17, 15) is 4.79 Å². The minimum Gasteiger partial charge on any atom is -0.396 e. The highest BCUT2D eigenvalue weighted by Gasteiger charge is 2.26. The number of nitrogen functional groups attached to an aromatic ring is 1. The molecule has 2 heterocycles. The molecule has 3 aromatic rings. The van der Waals surface area contributed by atoms with Gasteiger partial charge in [0.25, 0.3) is 0 Å². The highest BCUT2D eigenvalue weighted by atomic mass is 35.5. The molecule has 154 valence electrons. The Labute approximate surface area is 185 Å². The van der Waals surface area contributed by atoms with E-state index in [1.165, 1.54) is 24.2 Å². The maximum absolute atomic E-state index is 13.2. The minimum atomic E-state index is -0.119. The Morgan fingerprint density at radius 2 is 1.60 bits per heavy atom. The number of hydrogen-bond donors (Lipinski definition) is 1. The van der Waals surface area contributed by atoms with Crippen molar-refractivity contribution in [2.45, 2.75) is 25.7 Å². The fourth-order valence-electron chi connectivity index (χ4n) is 3.51. The number of ketones is 1. The Kier molecular flexibility index (Phi) is 6.45. The molecule has 2 N–H and O–H groups in total. The number of thiophene rings is 1. The predicted octanol–water partition coefficient (Wildman–Crippen LogP) is 7.01. The van der Waals surface area contributed by atoms with Gasteiger partial charge in [-0.1, -0.05) is 42.6 Å². The third-order valence-corrected chi connectivity index (χ3v) is 6.63. The standard InChI is InChI=1S/C23H23ClN4OS/c24-17-12-10-16(11-13-17)21(29)22-19(25)20(27-26-18-8-4-3-5-9-18)23(30-22)28-14-6-1-2-7-15-28/h3-5,8-13H,1-2,6-7,14-15,25H2. The van der Waals surface area contributed by atoms with Crippen molar-refractivity contribution in [2.24, 2.45) is 10.2 Å². The Bertz CT molecular complexity index is 1040. The van der Waals surface area contributed by atoms with Crippen molar-refractivity contribution in [3.05, 3.63) is 70.1 Å². The summed E-state index contributed by atoms with van der Waals surface area (Å²) in [4.78, 5) is 16.0. The normalized spacial score (nSPS) is 14.8. The van der Waals surface area contributed by atoms with Gasteiger partial charge in [0.05, 0.1) is 11.4 Å². The number of nitrogens with zero attached hydrogens (tertiary/aromatic N) is 3. The number of carbonyl (C=O) groups is 1. The van der Waals surface area contributed by atoms with E-state index in [1.54, 1.807) is 24.3 Å². The second-order valence-corrected chi connectivity index (χ2v) is 8.71. The van der Waals surface area contributed by atoms with E-state index < -0.39 is 0 Å². The number of benzene rings is 2. The molecule has 0 amide bonds. The number of nitrogens with two attached hydrogens (primary N) is 1. The minimum absolute atomic E-state index is 0.119. The third-order valence-electron chi connectivity index (χ3n) is 5.13. The number of azo groups is 1. The molecule has 5 nitrogen and oxygen atoms in total. The molecule has 1 saturated heterocycles. The smallest absolute Gasteiger partial charge is 0.205 e. The van der Waals surface area contributed by atoms with Crippen LogP contribution in [0.15, 0.2) is 64.8 Å². The van der Waals surface area contributed by atoms with Gasteiger partial charge in [-0.05, 0) is 49.2 Å². The highest BCUT2D eigenvalue weighted by Crippen LogP contribution is 2.47. The number of halogens is 1. The average molecular weight is 439 g/mol. The molecule has 7 heteroatoms. The van der Waals surface area contributed by atoms with E-state index in [0.717, 1.165) is 36.6 Å². The molecule has 0 radical (unpaired) electrons. The van der Waals surface area contributed by atoms with Crippen LogP contribution in [0.5, 0.6) is 0 Å². The summed E-state index contributed by atoms with van der Waals surface area (Å²) in [6, 6.07) is 16.4. The molecule has 1 aliphatic heterocycles. The van der Waals surface area contributed by atoms with Gasteiger partial charge in [0.1, 0.15) is 15.6 Å². The van der Waals surface area contributed by atoms with E-state index in [4.69, 9.17) is 17.3 Å². The van der Waals surface area contributed by atoms with Crippen LogP contribution in [0, 0.1) is 0 Å². The Morgan fingerprint density at radius 3 is 2.27 bits per heavy atom. The van der Waals surface area contributed by atoms with Crippen molar-refractivity contribution in [2.75, 3.05) is 23.7 Å². The fourth-order valence-corrected chi connectivity index (χ4v) is 4.81. The maximum Gasteiger partial charge on any atom is 0.205 e. The van der Waals surface area contributed by atoms with Gasteiger partial charge in [0.2, 0.25) is 5.78 Å². The van der Waals surface area contributed by atoms with Crippen molar-refractivity contribution < 1.29 is 4.79 Å². The number of anilines is 2. The molecule has 0 aliphatic carbocycles. The van der Waals surface area contributed by atoms with Crippen LogP contribution in [0.25, 0.3) is 0 Å². The topological polar surface area (TPSA) is 71.1 Å². The molecule has 0 atom stereocenters. The molecule has 4 rings (SSSR count). The lowest BCUT2D eigenvalue weighted by Crippen LogP contribution is -2.22. The van der Waals surface area contributed by atoms with Crippen LogP contribution in [0.2, 0.25) is 5.02 Å². The van der Waals surface area contributed by atoms with Gasteiger partial charge >= 0.3 is 0 Å². The molecule has 1 fully saturated rings. The van der Waals surface area contributed by atoms with Crippen LogP contribution in [0.4, 0.5) is 22.1 Å². The summed E-state index contributed by atoms with van der Waals surface area (Å²) in [6.07, 6.45) is 4.67. The second-order valence-electron chi connectivity index (χ2n) is 7.27. The summed E-state index contributed by atoms with van der Waals surface area (Å²) in [5, 5.41) is 10.4. The van der Waals surface area contributed by atoms with Gasteiger partial charge in [0.15, 0.2) is 0 Å². The third kappa shape index (κ3) is 4.55. The van der Waals surface area contributed by atoms with Crippen LogP contribution in [-0.4, -0.2) is 18.9 Å². The van der Waals surface area contributed by atoms with Crippen LogP contribution in [0.3, 0.4) is 0 Å². The lowest BCUT2D eigenvalue weighted by atomic mass is 10.1. The van der Waals surface area contributed by atoms with Gasteiger partial charge in [-0.3, -0.25) is 4.79 Å². The maximum atomic E-state index is 13.2. The number of hydrogen-bond acceptors (Lipinski definition) is 6. The zero-order valence-electron chi connectivity index (χ0n) is 16.6. The summed E-state index contributed by atoms with van der Waals surface area (Å²) in [5.74, 6) is -0.119. The fraction of sp³-hybridized carbons (Fsp3) is 0.261. The summed E-state index contributed by atoms with van der Waals surface area (Å²) in [6.45, 7) is 1.87. The van der Waals surface area contributed by atoms with E-state index in [0.29, 0.717) is 26.8 Å². The van der Waals surface area contributed by atoms with Crippen molar-refractivity contribution in [3.8, 4) is 0 Å². The summed E-state index contributed by atoms with van der Waals surface area (Å²) in [5.41, 5.74) is 8.74. The molecule has 0 saturated carbocycles.